The predicted molar refractivity (Wildman–Crippen MR) is 63.9 cm³/mol. The first-order chi connectivity index (χ1) is 6.92. The monoisotopic (exact) mass is 214 g/mol. The molecule has 1 atom stereocenters. The minimum absolute atomic E-state index is 0.246. The second-order valence-electron chi connectivity index (χ2n) is 5.58. The molecular formula is C12H26N2O. The zero-order valence-corrected chi connectivity index (χ0v) is 10.6. The fourth-order valence-corrected chi connectivity index (χ4v) is 2.09. The number of nitrogens with zero attached hydrogens (tertiary/aromatic N) is 1. The Balaban J connectivity index is 2.27. The average Bonchev–Trinajstić information content (AvgIpc) is 2.10. The van der Waals surface area contributed by atoms with E-state index >= 15 is 0 Å². The molecule has 3 heteroatoms. The highest BCUT2D eigenvalue weighted by atomic mass is 16.5. The number of likely N-dealkylation sites (tertiary alicyclic amines) is 1. The van der Waals surface area contributed by atoms with Crippen molar-refractivity contribution in [1.29, 1.82) is 0 Å². The number of piperidine rings is 1. The highest BCUT2D eigenvalue weighted by Crippen LogP contribution is 2.27. The quantitative estimate of drug-likeness (QED) is 0.770. The molecule has 0 aromatic rings. The number of rotatable bonds is 4. The van der Waals surface area contributed by atoms with Crippen molar-refractivity contribution in [2.45, 2.75) is 46.3 Å². The lowest BCUT2D eigenvalue weighted by molar-refractivity contribution is 0.0319. The Kier molecular flexibility index (Phi) is 4.56. The van der Waals surface area contributed by atoms with Crippen molar-refractivity contribution < 1.29 is 4.74 Å². The fraction of sp³-hybridized carbons (Fsp3) is 1.00. The van der Waals surface area contributed by atoms with Crippen molar-refractivity contribution in [3.05, 3.63) is 0 Å². The van der Waals surface area contributed by atoms with Gasteiger partial charge in [-0.3, -0.25) is 0 Å². The Hall–Kier alpha value is -0.120. The van der Waals surface area contributed by atoms with Crippen LogP contribution in [0.25, 0.3) is 0 Å². The first-order valence-corrected chi connectivity index (χ1v) is 6.01. The molecule has 0 aromatic heterocycles. The van der Waals surface area contributed by atoms with Crippen LogP contribution in [0.5, 0.6) is 0 Å². The van der Waals surface area contributed by atoms with E-state index in [1.807, 2.05) is 0 Å². The van der Waals surface area contributed by atoms with Crippen LogP contribution in [0.4, 0.5) is 0 Å². The van der Waals surface area contributed by atoms with E-state index in [0.29, 0.717) is 12.1 Å². The topological polar surface area (TPSA) is 38.5 Å². The van der Waals surface area contributed by atoms with Crippen LogP contribution in [0.15, 0.2) is 0 Å². The highest BCUT2D eigenvalue weighted by Gasteiger charge is 2.32. The highest BCUT2D eigenvalue weighted by molar-refractivity contribution is 4.89. The van der Waals surface area contributed by atoms with Crippen molar-refractivity contribution in [3.63, 3.8) is 0 Å². The van der Waals surface area contributed by atoms with Gasteiger partial charge in [-0.2, -0.15) is 0 Å². The molecule has 1 aliphatic rings. The van der Waals surface area contributed by atoms with Crippen LogP contribution in [0.1, 0.15) is 34.1 Å². The summed E-state index contributed by atoms with van der Waals surface area (Å²) in [4.78, 5) is 2.46. The Morgan fingerprint density at radius 3 is 2.67 bits per heavy atom. The van der Waals surface area contributed by atoms with Crippen LogP contribution in [0.2, 0.25) is 0 Å². The molecule has 0 spiro atoms. The zero-order valence-electron chi connectivity index (χ0n) is 10.6. The zero-order chi connectivity index (χ0) is 11.5. The van der Waals surface area contributed by atoms with Gasteiger partial charge < -0.3 is 15.4 Å². The summed E-state index contributed by atoms with van der Waals surface area (Å²) >= 11 is 0. The van der Waals surface area contributed by atoms with E-state index in [-0.39, 0.29) is 5.41 Å². The van der Waals surface area contributed by atoms with E-state index < -0.39 is 0 Å². The molecule has 1 heterocycles. The minimum atomic E-state index is 0.246. The van der Waals surface area contributed by atoms with Crippen LogP contribution < -0.4 is 5.73 Å². The summed E-state index contributed by atoms with van der Waals surface area (Å²) in [5.41, 5.74) is 6.34. The maximum absolute atomic E-state index is 6.09. The van der Waals surface area contributed by atoms with Gasteiger partial charge >= 0.3 is 0 Å². The Morgan fingerprint density at radius 2 is 2.13 bits per heavy atom. The van der Waals surface area contributed by atoms with Crippen molar-refractivity contribution in [1.82, 2.24) is 4.90 Å². The van der Waals surface area contributed by atoms with Gasteiger partial charge in [0.25, 0.3) is 0 Å². The van der Waals surface area contributed by atoms with Crippen LogP contribution in [0.3, 0.4) is 0 Å². The molecular weight excluding hydrogens is 188 g/mol. The summed E-state index contributed by atoms with van der Waals surface area (Å²) in [5, 5.41) is 0. The van der Waals surface area contributed by atoms with E-state index in [4.69, 9.17) is 10.5 Å². The van der Waals surface area contributed by atoms with Gasteiger partial charge in [0, 0.05) is 19.1 Å². The van der Waals surface area contributed by atoms with Crippen molar-refractivity contribution in [2.75, 3.05) is 26.2 Å². The first kappa shape index (κ1) is 12.9. The molecule has 1 saturated heterocycles. The maximum atomic E-state index is 6.09. The van der Waals surface area contributed by atoms with Crippen LogP contribution in [0, 0.1) is 5.41 Å². The lowest BCUT2D eigenvalue weighted by atomic mass is 9.80. The van der Waals surface area contributed by atoms with Gasteiger partial charge in [0.15, 0.2) is 0 Å². The third-order valence-corrected chi connectivity index (χ3v) is 3.25. The fourth-order valence-electron chi connectivity index (χ4n) is 2.09. The summed E-state index contributed by atoms with van der Waals surface area (Å²) in [6, 6.07) is 0.347. The molecule has 0 amide bonds. The van der Waals surface area contributed by atoms with Crippen LogP contribution in [-0.2, 0) is 4.74 Å². The Morgan fingerprint density at radius 1 is 1.47 bits per heavy atom. The maximum Gasteiger partial charge on any atom is 0.0596 e. The second kappa shape index (κ2) is 5.28. The second-order valence-corrected chi connectivity index (χ2v) is 5.58. The van der Waals surface area contributed by atoms with E-state index in [0.717, 1.165) is 32.7 Å². The normalized spacial score (nSPS) is 27.2. The largest absolute Gasteiger partial charge is 0.377 e. The molecule has 3 nitrogen and oxygen atoms in total. The summed E-state index contributed by atoms with van der Waals surface area (Å²) in [6.07, 6.45) is 1.44. The molecule has 15 heavy (non-hydrogen) atoms. The molecule has 0 bridgehead atoms. The molecule has 0 radical (unpaired) electrons. The first-order valence-electron chi connectivity index (χ1n) is 6.01. The average molecular weight is 214 g/mol. The van der Waals surface area contributed by atoms with Gasteiger partial charge in [0.2, 0.25) is 0 Å². The molecule has 1 fully saturated rings. The number of nitrogens with two attached hydrogens (primary N) is 1. The van der Waals surface area contributed by atoms with Gasteiger partial charge in [0.1, 0.15) is 0 Å². The molecule has 1 unspecified atom stereocenters. The Bertz CT molecular complexity index is 192. The lowest BCUT2D eigenvalue weighted by Crippen LogP contribution is -2.53. The standard InChI is InChI=1S/C12H26N2O/c1-10(2)15-8-7-14-6-5-11(13)12(3,4)9-14/h10-11H,5-9,13H2,1-4H3. The van der Waals surface area contributed by atoms with E-state index in [1.54, 1.807) is 0 Å². The predicted octanol–water partition coefficient (Wildman–Crippen LogP) is 1.47. The van der Waals surface area contributed by atoms with Gasteiger partial charge in [-0.05, 0) is 32.2 Å². The molecule has 0 aliphatic carbocycles. The third kappa shape index (κ3) is 4.09. The molecule has 2 N–H and O–H groups in total. The SMILES string of the molecule is CC(C)OCCN1CCC(N)C(C)(C)C1. The van der Waals surface area contributed by atoms with E-state index in [9.17, 15) is 0 Å². The van der Waals surface area contributed by atoms with E-state index in [2.05, 4.69) is 32.6 Å². The van der Waals surface area contributed by atoms with Crippen molar-refractivity contribution >= 4 is 0 Å². The van der Waals surface area contributed by atoms with Crippen LogP contribution >= 0.6 is 0 Å². The molecule has 0 saturated carbocycles. The van der Waals surface area contributed by atoms with Gasteiger partial charge in [0.05, 0.1) is 12.7 Å². The third-order valence-electron chi connectivity index (χ3n) is 3.25. The van der Waals surface area contributed by atoms with E-state index in [1.165, 1.54) is 0 Å². The smallest absolute Gasteiger partial charge is 0.0596 e. The summed E-state index contributed by atoms with van der Waals surface area (Å²) in [5.74, 6) is 0. The van der Waals surface area contributed by atoms with Gasteiger partial charge in [-0.1, -0.05) is 13.8 Å². The minimum Gasteiger partial charge on any atom is -0.377 e. The lowest BCUT2D eigenvalue weighted by Gasteiger charge is -2.42. The summed E-state index contributed by atoms with van der Waals surface area (Å²) < 4.78 is 5.57. The molecule has 0 aromatic carbocycles. The van der Waals surface area contributed by atoms with Gasteiger partial charge in [-0.25, -0.2) is 0 Å². The molecule has 1 aliphatic heterocycles. The number of ether oxygens (including phenoxy) is 1. The molecule has 1 rings (SSSR count). The summed E-state index contributed by atoms with van der Waals surface area (Å²) in [7, 11) is 0. The van der Waals surface area contributed by atoms with Crippen LogP contribution in [-0.4, -0.2) is 43.3 Å². The molecule has 90 valence electrons. The van der Waals surface area contributed by atoms with Crippen molar-refractivity contribution in [2.24, 2.45) is 11.1 Å². The summed E-state index contributed by atoms with van der Waals surface area (Å²) in [6.45, 7) is 12.8. The number of hydrogen-bond acceptors (Lipinski definition) is 3. The number of hydrogen-bond donors (Lipinski definition) is 1. The van der Waals surface area contributed by atoms with Crippen molar-refractivity contribution in [3.8, 4) is 0 Å². The van der Waals surface area contributed by atoms with Gasteiger partial charge in [-0.15, -0.1) is 0 Å². The Labute approximate surface area is 94.0 Å².